The third-order valence-corrected chi connectivity index (χ3v) is 7.09. The van der Waals surface area contributed by atoms with E-state index in [1.165, 1.54) is 29.0 Å². The highest BCUT2D eigenvalue weighted by Gasteiger charge is 2.36. The van der Waals surface area contributed by atoms with Crippen LogP contribution in [0.1, 0.15) is 35.7 Å². The number of hydrogen-bond acceptors (Lipinski definition) is 8. The summed E-state index contributed by atoms with van der Waals surface area (Å²) in [5, 5.41) is 0. The second-order valence-electron chi connectivity index (χ2n) is 10.1. The van der Waals surface area contributed by atoms with Crippen LogP contribution in [0.4, 0.5) is 33.5 Å². The Morgan fingerprint density at radius 1 is 1.05 bits per heavy atom. The molecule has 218 valence electrons. The van der Waals surface area contributed by atoms with E-state index >= 15 is 0 Å². The van der Waals surface area contributed by atoms with Crippen LogP contribution in [0.5, 0.6) is 5.88 Å². The fourth-order valence-corrected chi connectivity index (χ4v) is 4.85. The lowest BCUT2D eigenvalue weighted by molar-refractivity contribution is -0.140. The van der Waals surface area contributed by atoms with E-state index in [2.05, 4.69) is 29.7 Å². The number of likely N-dealkylation sites (N-methyl/N-ethyl adjacent to an activating group) is 1. The molecular formula is C27H23F5N8O2. The molecule has 4 heterocycles. The van der Waals surface area contributed by atoms with Gasteiger partial charge in [0.15, 0.2) is 17.3 Å². The van der Waals surface area contributed by atoms with E-state index in [9.17, 15) is 26.7 Å². The Bertz CT molecular complexity index is 1650. The molecule has 2 aliphatic rings. The van der Waals surface area contributed by atoms with Gasteiger partial charge in [-0.15, -0.1) is 0 Å². The number of benzene rings is 1. The number of aryl methyl sites for hydroxylation is 1. The molecule has 0 N–H and O–H groups in total. The molecule has 4 aromatic rings. The van der Waals surface area contributed by atoms with Crippen LogP contribution in [-0.4, -0.2) is 55.6 Å². The smallest absolute Gasteiger partial charge is 0.416 e. The number of carbonyl (C=O) groups excluding carboxylic acids is 1. The van der Waals surface area contributed by atoms with Crippen LogP contribution < -0.4 is 14.5 Å². The zero-order valence-corrected chi connectivity index (χ0v) is 22.3. The standard InChI is InChI=1S/C27H23F5N8O2/c1-38-11-18(27(30,31)32)36-23(38)16-5-3-14(4-6-16)10-40-12-19(41)39(2)17-9-33-22(37-24(17)40)20-21(15-7-8-15)34-13-35-25(20)42-26(28)29/h3-6,9,11,13,15,26H,7-8,10,12H2,1-2H3. The van der Waals surface area contributed by atoms with Gasteiger partial charge in [0.1, 0.15) is 23.4 Å². The highest BCUT2D eigenvalue weighted by molar-refractivity contribution is 6.02. The molecule has 0 spiro atoms. The van der Waals surface area contributed by atoms with Gasteiger partial charge in [0.05, 0.1) is 18.4 Å². The molecule has 0 bridgehead atoms. The average molecular weight is 587 g/mol. The Labute approximate surface area is 235 Å². The van der Waals surface area contributed by atoms with Gasteiger partial charge in [-0.05, 0) is 18.4 Å². The molecule has 0 unspecified atom stereocenters. The summed E-state index contributed by atoms with van der Waals surface area (Å²) in [5.41, 5.74) is 1.37. The van der Waals surface area contributed by atoms with Gasteiger partial charge in [-0.25, -0.2) is 24.9 Å². The maximum Gasteiger partial charge on any atom is 0.434 e. The van der Waals surface area contributed by atoms with E-state index in [-0.39, 0.29) is 48.0 Å². The predicted octanol–water partition coefficient (Wildman–Crippen LogP) is 4.81. The van der Waals surface area contributed by atoms with Crippen molar-refractivity contribution in [3.63, 3.8) is 0 Å². The monoisotopic (exact) mass is 586 g/mol. The summed E-state index contributed by atoms with van der Waals surface area (Å²) in [6.07, 6.45) is 0.647. The van der Waals surface area contributed by atoms with E-state index in [4.69, 9.17) is 0 Å². The first-order valence-electron chi connectivity index (χ1n) is 12.9. The van der Waals surface area contributed by atoms with E-state index < -0.39 is 18.5 Å². The Balaban J connectivity index is 1.34. The summed E-state index contributed by atoms with van der Waals surface area (Å²) in [5.74, 6) is 0.139. The molecule has 1 fully saturated rings. The first-order valence-corrected chi connectivity index (χ1v) is 12.9. The molecule has 3 aromatic heterocycles. The van der Waals surface area contributed by atoms with E-state index in [0.29, 0.717) is 22.8 Å². The van der Waals surface area contributed by atoms with Crippen molar-refractivity contribution in [2.45, 2.75) is 38.1 Å². The highest BCUT2D eigenvalue weighted by Crippen LogP contribution is 2.46. The van der Waals surface area contributed by atoms with Crippen molar-refractivity contribution in [2.75, 3.05) is 23.4 Å². The van der Waals surface area contributed by atoms with Crippen molar-refractivity contribution >= 4 is 17.4 Å². The number of ether oxygens (including phenoxy) is 1. The quantitative estimate of drug-likeness (QED) is 0.284. The van der Waals surface area contributed by atoms with Gasteiger partial charge >= 0.3 is 12.8 Å². The number of carbonyl (C=O) groups is 1. The second kappa shape index (κ2) is 10.3. The summed E-state index contributed by atoms with van der Waals surface area (Å²) in [4.78, 5) is 36.9. The van der Waals surface area contributed by atoms with Crippen LogP contribution in [0, 0.1) is 0 Å². The van der Waals surface area contributed by atoms with Crippen molar-refractivity contribution in [2.24, 2.45) is 7.05 Å². The largest absolute Gasteiger partial charge is 0.434 e. The van der Waals surface area contributed by atoms with Crippen LogP contribution in [-0.2, 0) is 24.6 Å². The summed E-state index contributed by atoms with van der Waals surface area (Å²) in [7, 11) is 3.07. The lowest BCUT2D eigenvalue weighted by Gasteiger charge is -2.34. The molecule has 1 aliphatic carbocycles. The van der Waals surface area contributed by atoms with Crippen LogP contribution in [0.15, 0.2) is 43.0 Å². The van der Waals surface area contributed by atoms with Crippen LogP contribution in [0.2, 0.25) is 0 Å². The maximum atomic E-state index is 13.2. The second-order valence-corrected chi connectivity index (χ2v) is 10.1. The van der Waals surface area contributed by atoms with Gasteiger partial charge in [0, 0.05) is 38.3 Å². The van der Waals surface area contributed by atoms with Crippen LogP contribution in [0.25, 0.3) is 22.8 Å². The number of nitrogens with zero attached hydrogens (tertiary/aromatic N) is 8. The number of halogens is 5. The van der Waals surface area contributed by atoms with Crippen molar-refractivity contribution in [1.82, 2.24) is 29.5 Å². The van der Waals surface area contributed by atoms with E-state index in [1.54, 1.807) is 36.2 Å². The summed E-state index contributed by atoms with van der Waals surface area (Å²) in [6, 6.07) is 6.76. The number of alkyl halides is 5. The third-order valence-electron chi connectivity index (χ3n) is 7.09. The first kappa shape index (κ1) is 27.5. The lowest BCUT2D eigenvalue weighted by Crippen LogP contribution is -2.44. The molecule has 42 heavy (non-hydrogen) atoms. The van der Waals surface area contributed by atoms with E-state index in [1.807, 2.05) is 0 Å². The van der Waals surface area contributed by atoms with Gasteiger partial charge in [-0.1, -0.05) is 24.3 Å². The van der Waals surface area contributed by atoms with Gasteiger partial charge in [0.25, 0.3) is 0 Å². The highest BCUT2D eigenvalue weighted by atomic mass is 19.4. The molecule has 1 amide bonds. The molecule has 1 saturated carbocycles. The van der Waals surface area contributed by atoms with Gasteiger partial charge in [-0.2, -0.15) is 22.0 Å². The normalized spacial score (nSPS) is 15.4. The van der Waals surface area contributed by atoms with E-state index in [0.717, 1.165) is 24.6 Å². The Kier molecular flexibility index (Phi) is 6.74. The topological polar surface area (TPSA) is 102 Å². The maximum absolute atomic E-state index is 13.2. The average Bonchev–Trinajstić information content (AvgIpc) is 3.71. The van der Waals surface area contributed by atoms with Crippen LogP contribution >= 0.6 is 0 Å². The zero-order valence-electron chi connectivity index (χ0n) is 22.3. The molecule has 0 radical (unpaired) electrons. The van der Waals surface area contributed by atoms with Gasteiger partial charge in [-0.3, -0.25) is 4.79 Å². The molecule has 1 aromatic carbocycles. The fraction of sp³-hybridized carbons (Fsp3) is 0.333. The number of amides is 1. The summed E-state index contributed by atoms with van der Waals surface area (Å²) >= 11 is 0. The van der Waals surface area contributed by atoms with Crippen LogP contribution in [0.3, 0.4) is 0 Å². The Morgan fingerprint density at radius 2 is 1.79 bits per heavy atom. The number of rotatable bonds is 7. The molecular weight excluding hydrogens is 563 g/mol. The van der Waals surface area contributed by atoms with Crippen molar-refractivity contribution in [3.05, 3.63) is 59.9 Å². The SMILES string of the molecule is CN1C(=O)CN(Cc2ccc(-c3nc(C(F)(F)F)cn3C)cc2)c2nc(-c3c(OC(F)F)ncnc3C3CC3)ncc21. The molecule has 10 nitrogen and oxygen atoms in total. The summed E-state index contributed by atoms with van der Waals surface area (Å²) < 4.78 is 71.8. The first-order chi connectivity index (χ1) is 20.0. The van der Waals surface area contributed by atoms with Crippen molar-refractivity contribution in [3.8, 4) is 28.7 Å². The third kappa shape index (κ3) is 5.21. The molecule has 0 saturated heterocycles. The zero-order chi connectivity index (χ0) is 29.8. The lowest BCUT2D eigenvalue weighted by atomic mass is 10.1. The molecule has 15 heteroatoms. The molecule has 1 aliphatic heterocycles. The number of imidazole rings is 1. The molecule has 0 atom stereocenters. The number of aromatic nitrogens is 6. The number of hydrogen-bond donors (Lipinski definition) is 0. The summed E-state index contributed by atoms with van der Waals surface area (Å²) in [6.45, 7) is -2.92. The minimum atomic E-state index is -4.56. The fourth-order valence-electron chi connectivity index (χ4n) is 4.85. The molecule has 6 rings (SSSR count). The minimum Gasteiger partial charge on any atom is -0.416 e. The number of fused-ring (bicyclic) bond motifs is 1. The predicted molar refractivity (Wildman–Crippen MR) is 140 cm³/mol. The van der Waals surface area contributed by atoms with Gasteiger partial charge < -0.3 is 19.1 Å². The Morgan fingerprint density at radius 3 is 2.43 bits per heavy atom. The van der Waals surface area contributed by atoms with Gasteiger partial charge in [0.2, 0.25) is 11.8 Å². The van der Waals surface area contributed by atoms with Crippen molar-refractivity contribution < 1.29 is 31.5 Å². The minimum absolute atomic E-state index is 0.0306. The van der Waals surface area contributed by atoms with Crippen molar-refractivity contribution in [1.29, 1.82) is 0 Å². The number of anilines is 2. The Hall–Kier alpha value is -4.69.